The van der Waals surface area contributed by atoms with Gasteiger partial charge in [-0.25, -0.2) is 0 Å². The van der Waals surface area contributed by atoms with Crippen LogP contribution in [0.25, 0.3) is 0 Å². The van der Waals surface area contributed by atoms with Gasteiger partial charge in [-0.1, -0.05) is 27.2 Å². The van der Waals surface area contributed by atoms with Gasteiger partial charge in [0.25, 0.3) is 0 Å². The molecule has 0 spiro atoms. The summed E-state index contributed by atoms with van der Waals surface area (Å²) in [5.74, 6) is 0.875. The minimum absolute atomic E-state index is 0.313. The van der Waals surface area contributed by atoms with Crippen LogP contribution in [0.5, 0.6) is 0 Å². The monoisotopic (exact) mass is 277 g/mol. The number of hydrogen-bond donors (Lipinski definition) is 1. The first kappa shape index (κ1) is 15.6. The molecule has 2 N–H and O–H groups in total. The molecular weight excluding hydrogens is 246 g/mol. The van der Waals surface area contributed by atoms with Crippen molar-refractivity contribution >= 4 is 0 Å². The lowest BCUT2D eigenvalue weighted by atomic mass is 9.80. The Bertz CT molecular complexity index is 408. The maximum Gasteiger partial charge on any atom is 0.0630 e. The Hall–Kier alpha value is -0.830. The van der Waals surface area contributed by atoms with E-state index in [1.807, 2.05) is 0 Å². The van der Waals surface area contributed by atoms with Crippen molar-refractivity contribution in [3.05, 3.63) is 18.0 Å². The summed E-state index contributed by atoms with van der Waals surface area (Å²) in [5.41, 5.74) is 7.67. The quantitative estimate of drug-likeness (QED) is 0.820. The van der Waals surface area contributed by atoms with E-state index in [1.165, 1.54) is 31.4 Å². The molecule has 0 aromatic carbocycles. The van der Waals surface area contributed by atoms with Gasteiger partial charge in [0, 0.05) is 6.20 Å². The van der Waals surface area contributed by atoms with Gasteiger partial charge in [0.1, 0.15) is 0 Å². The lowest BCUT2D eigenvalue weighted by Gasteiger charge is -2.27. The summed E-state index contributed by atoms with van der Waals surface area (Å²) in [4.78, 5) is 0. The van der Waals surface area contributed by atoms with Gasteiger partial charge < -0.3 is 5.73 Å². The number of rotatable bonds is 7. The third kappa shape index (κ3) is 3.25. The van der Waals surface area contributed by atoms with Crippen LogP contribution in [-0.4, -0.2) is 16.3 Å². The van der Waals surface area contributed by atoms with E-state index in [-0.39, 0.29) is 0 Å². The van der Waals surface area contributed by atoms with Gasteiger partial charge in [-0.3, -0.25) is 4.68 Å². The van der Waals surface area contributed by atoms with E-state index >= 15 is 0 Å². The Morgan fingerprint density at radius 2 is 2.15 bits per heavy atom. The maximum atomic E-state index is 6.12. The highest BCUT2D eigenvalue weighted by molar-refractivity contribution is 5.06. The highest BCUT2D eigenvalue weighted by Crippen LogP contribution is 2.44. The van der Waals surface area contributed by atoms with E-state index in [0.717, 1.165) is 31.7 Å². The second kappa shape index (κ2) is 6.75. The van der Waals surface area contributed by atoms with Crippen molar-refractivity contribution in [2.45, 2.75) is 71.8 Å². The van der Waals surface area contributed by atoms with Crippen molar-refractivity contribution < 1.29 is 0 Å². The summed E-state index contributed by atoms with van der Waals surface area (Å²) in [6.07, 6.45) is 10.7. The third-order valence-electron chi connectivity index (χ3n) is 5.35. The fourth-order valence-corrected chi connectivity index (χ4v) is 3.82. The van der Waals surface area contributed by atoms with Crippen molar-refractivity contribution in [1.29, 1.82) is 0 Å². The molecule has 0 aliphatic heterocycles. The molecule has 0 bridgehead atoms. The van der Waals surface area contributed by atoms with Gasteiger partial charge in [0.2, 0.25) is 0 Å². The predicted molar refractivity (Wildman–Crippen MR) is 84.7 cm³/mol. The zero-order valence-electron chi connectivity index (χ0n) is 13.4. The molecule has 1 heterocycles. The molecule has 1 aromatic heterocycles. The van der Waals surface area contributed by atoms with E-state index in [2.05, 4.69) is 37.7 Å². The van der Waals surface area contributed by atoms with Gasteiger partial charge in [-0.15, -0.1) is 0 Å². The van der Waals surface area contributed by atoms with E-state index in [1.54, 1.807) is 0 Å². The van der Waals surface area contributed by atoms with E-state index in [9.17, 15) is 0 Å². The molecule has 1 aliphatic rings. The topological polar surface area (TPSA) is 43.8 Å². The summed E-state index contributed by atoms with van der Waals surface area (Å²) in [6.45, 7) is 7.58. The maximum absolute atomic E-state index is 6.12. The van der Waals surface area contributed by atoms with E-state index in [0.29, 0.717) is 11.5 Å². The van der Waals surface area contributed by atoms with Gasteiger partial charge in [0.15, 0.2) is 0 Å². The lowest BCUT2D eigenvalue weighted by molar-refractivity contribution is 0.285. The summed E-state index contributed by atoms with van der Waals surface area (Å²) in [6, 6.07) is 2.75. The normalized spacial score (nSPS) is 26.6. The largest absolute Gasteiger partial charge is 0.330 e. The molecule has 1 fully saturated rings. The molecule has 0 radical (unpaired) electrons. The first-order valence-corrected chi connectivity index (χ1v) is 8.40. The summed E-state index contributed by atoms with van der Waals surface area (Å²) in [5, 5.41) is 4.82. The molecule has 2 unspecified atom stereocenters. The van der Waals surface area contributed by atoms with Crippen molar-refractivity contribution in [2.75, 3.05) is 6.54 Å². The molecule has 3 heteroatoms. The first-order chi connectivity index (χ1) is 9.66. The van der Waals surface area contributed by atoms with Crippen LogP contribution >= 0.6 is 0 Å². The zero-order chi connectivity index (χ0) is 14.6. The van der Waals surface area contributed by atoms with E-state index < -0.39 is 0 Å². The number of nitrogens with two attached hydrogens (primary N) is 1. The summed E-state index contributed by atoms with van der Waals surface area (Å²) in [7, 11) is 0. The minimum Gasteiger partial charge on any atom is -0.330 e. The second-order valence-electron chi connectivity index (χ2n) is 6.66. The Morgan fingerprint density at radius 3 is 2.70 bits per heavy atom. The van der Waals surface area contributed by atoms with Crippen LogP contribution < -0.4 is 5.73 Å². The molecule has 2 rings (SSSR count). The Labute approximate surface area is 123 Å². The van der Waals surface area contributed by atoms with Crippen molar-refractivity contribution in [2.24, 2.45) is 17.1 Å². The fourth-order valence-electron chi connectivity index (χ4n) is 3.82. The number of hydrogen-bond acceptors (Lipinski definition) is 2. The van der Waals surface area contributed by atoms with Crippen LogP contribution in [0, 0.1) is 11.3 Å². The molecule has 114 valence electrons. The highest BCUT2D eigenvalue weighted by Gasteiger charge is 2.37. The average molecular weight is 277 g/mol. The SMILES string of the molecule is CCC1CCC(CN)(Cc2ccn(C(CC)CC)n2)C1. The number of nitrogens with zero attached hydrogens (tertiary/aromatic N) is 2. The second-order valence-corrected chi connectivity index (χ2v) is 6.66. The van der Waals surface area contributed by atoms with Crippen LogP contribution in [0.15, 0.2) is 12.3 Å². The van der Waals surface area contributed by atoms with Crippen molar-refractivity contribution in [3.63, 3.8) is 0 Å². The van der Waals surface area contributed by atoms with Gasteiger partial charge in [-0.05, 0) is 62.5 Å². The van der Waals surface area contributed by atoms with Gasteiger partial charge in [0.05, 0.1) is 11.7 Å². The summed E-state index contributed by atoms with van der Waals surface area (Å²) >= 11 is 0. The first-order valence-electron chi connectivity index (χ1n) is 8.40. The number of aromatic nitrogens is 2. The lowest BCUT2D eigenvalue weighted by Crippen LogP contribution is -2.30. The van der Waals surface area contributed by atoms with Crippen LogP contribution in [0.3, 0.4) is 0 Å². The minimum atomic E-state index is 0.313. The predicted octanol–water partition coefficient (Wildman–Crippen LogP) is 3.94. The smallest absolute Gasteiger partial charge is 0.0630 e. The molecule has 20 heavy (non-hydrogen) atoms. The Kier molecular flexibility index (Phi) is 5.25. The summed E-state index contributed by atoms with van der Waals surface area (Å²) < 4.78 is 2.16. The van der Waals surface area contributed by atoms with Crippen molar-refractivity contribution in [3.8, 4) is 0 Å². The van der Waals surface area contributed by atoms with Gasteiger partial charge in [-0.2, -0.15) is 5.10 Å². The molecule has 1 aromatic rings. The van der Waals surface area contributed by atoms with Crippen molar-refractivity contribution in [1.82, 2.24) is 9.78 Å². The Morgan fingerprint density at radius 1 is 1.40 bits per heavy atom. The molecule has 2 atom stereocenters. The fraction of sp³-hybridized carbons (Fsp3) is 0.824. The molecule has 3 nitrogen and oxygen atoms in total. The molecule has 0 amide bonds. The zero-order valence-corrected chi connectivity index (χ0v) is 13.4. The average Bonchev–Trinajstić information content (AvgIpc) is 3.09. The molecule has 0 saturated heterocycles. The third-order valence-corrected chi connectivity index (χ3v) is 5.35. The van der Waals surface area contributed by atoms with E-state index in [4.69, 9.17) is 10.8 Å². The van der Waals surface area contributed by atoms with Crippen LogP contribution in [-0.2, 0) is 6.42 Å². The highest BCUT2D eigenvalue weighted by atomic mass is 15.3. The molecule has 1 saturated carbocycles. The Balaban J connectivity index is 2.05. The van der Waals surface area contributed by atoms with Crippen LogP contribution in [0.2, 0.25) is 0 Å². The van der Waals surface area contributed by atoms with Crippen LogP contribution in [0.1, 0.15) is 71.0 Å². The molecule has 1 aliphatic carbocycles. The van der Waals surface area contributed by atoms with Gasteiger partial charge >= 0.3 is 0 Å². The standard InChI is InChI=1S/C17H31N3/c1-4-14-7-9-17(11-14,13-18)12-15-8-10-20(19-15)16(5-2)6-3/h8,10,14,16H,4-7,9,11-13,18H2,1-3H3. The van der Waals surface area contributed by atoms with Crippen LogP contribution in [0.4, 0.5) is 0 Å². The molecular formula is C17H31N3.